The number of ether oxygens (including phenoxy) is 1. The van der Waals surface area contributed by atoms with Crippen molar-refractivity contribution < 1.29 is 4.74 Å². The highest BCUT2D eigenvalue weighted by atomic mass is 32.1. The van der Waals surface area contributed by atoms with Crippen LogP contribution < -0.4 is 5.73 Å². The van der Waals surface area contributed by atoms with Crippen molar-refractivity contribution in [2.75, 3.05) is 0 Å². The van der Waals surface area contributed by atoms with E-state index < -0.39 is 0 Å². The predicted molar refractivity (Wildman–Crippen MR) is 80.7 cm³/mol. The van der Waals surface area contributed by atoms with E-state index in [2.05, 4.69) is 24.3 Å². The van der Waals surface area contributed by atoms with Gasteiger partial charge < -0.3 is 10.5 Å². The number of benzene rings is 1. The van der Waals surface area contributed by atoms with E-state index in [1.54, 1.807) is 11.3 Å². The zero-order chi connectivity index (χ0) is 13.5. The van der Waals surface area contributed by atoms with E-state index in [4.69, 9.17) is 15.5 Å². The fourth-order valence-corrected chi connectivity index (χ4v) is 4.64. The summed E-state index contributed by atoms with van der Waals surface area (Å²) in [5.74, 6) is 0.488. The third-order valence-electron chi connectivity index (χ3n) is 4.37. The van der Waals surface area contributed by atoms with E-state index >= 15 is 0 Å². The summed E-state index contributed by atoms with van der Waals surface area (Å²) in [6.07, 6.45) is 4.40. The van der Waals surface area contributed by atoms with Gasteiger partial charge in [-0.3, -0.25) is 0 Å². The molecule has 4 rings (SSSR count). The Hall–Kier alpha value is -1.23. The zero-order valence-electron chi connectivity index (χ0n) is 11.3. The highest BCUT2D eigenvalue weighted by Crippen LogP contribution is 2.47. The molecule has 2 aliphatic heterocycles. The molecule has 2 fully saturated rings. The highest BCUT2D eigenvalue weighted by Gasteiger charge is 2.43. The van der Waals surface area contributed by atoms with Crippen LogP contribution in [0.1, 0.15) is 35.9 Å². The maximum atomic E-state index is 5.96. The molecule has 3 atom stereocenters. The number of aromatic nitrogens is 1. The molecule has 2 bridgehead atoms. The van der Waals surface area contributed by atoms with Crippen LogP contribution in [0.2, 0.25) is 0 Å². The Morgan fingerprint density at radius 1 is 1.25 bits per heavy atom. The van der Waals surface area contributed by atoms with E-state index in [1.807, 2.05) is 6.07 Å². The summed E-state index contributed by atoms with van der Waals surface area (Å²) in [5.41, 5.74) is 8.14. The van der Waals surface area contributed by atoms with Gasteiger partial charge in [-0.2, -0.15) is 0 Å². The Morgan fingerprint density at radius 3 is 2.75 bits per heavy atom. The van der Waals surface area contributed by atoms with Gasteiger partial charge in [-0.15, -0.1) is 11.3 Å². The second kappa shape index (κ2) is 4.95. The minimum absolute atomic E-state index is 0.389. The summed E-state index contributed by atoms with van der Waals surface area (Å²) in [7, 11) is 0. The predicted octanol–water partition coefficient (Wildman–Crippen LogP) is 3.30. The number of nitrogens with zero attached hydrogens (tertiary/aromatic N) is 1. The average Bonchev–Trinajstić information content (AvgIpc) is 3.22. The average molecular weight is 286 g/mol. The highest BCUT2D eigenvalue weighted by molar-refractivity contribution is 7.15. The summed E-state index contributed by atoms with van der Waals surface area (Å²) in [4.78, 5) is 6.05. The van der Waals surface area contributed by atoms with Crippen LogP contribution in [0, 0.1) is 0 Å². The van der Waals surface area contributed by atoms with E-state index in [1.165, 1.54) is 28.3 Å². The van der Waals surface area contributed by atoms with Gasteiger partial charge >= 0.3 is 0 Å². The summed E-state index contributed by atoms with van der Waals surface area (Å²) >= 11 is 1.80. The van der Waals surface area contributed by atoms with Crippen molar-refractivity contribution in [3.05, 3.63) is 41.0 Å². The number of thiazole rings is 1. The molecule has 4 heteroatoms. The fourth-order valence-electron chi connectivity index (χ4n) is 3.38. The van der Waals surface area contributed by atoms with Gasteiger partial charge in [-0.1, -0.05) is 30.3 Å². The minimum atomic E-state index is 0.389. The zero-order valence-corrected chi connectivity index (χ0v) is 12.1. The number of nitrogens with two attached hydrogens (primary N) is 1. The molecule has 20 heavy (non-hydrogen) atoms. The van der Waals surface area contributed by atoms with Crippen molar-refractivity contribution in [3.8, 4) is 10.4 Å². The largest absolute Gasteiger partial charge is 0.374 e. The molecule has 3 heterocycles. The first kappa shape index (κ1) is 12.5. The number of hydrogen-bond acceptors (Lipinski definition) is 4. The number of hydrogen-bond donors (Lipinski definition) is 1. The van der Waals surface area contributed by atoms with Crippen molar-refractivity contribution in [2.24, 2.45) is 5.73 Å². The third kappa shape index (κ3) is 1.99. The molecule has 0 aliphatic carbocycles. The van der Waals surface area contributed by atoms with Gasteiger partial charge in [0.25, 0.3) is 0 Å². The molecular weight excluding hydrogens is 268 g/mol. The van der Waals surface area contributed by atoms with Crippen LogP contribution in [0.5, 0.6) is 0 Å². The normalized spacial score (nSPS) is 28.1. The monoisotopic (exact) mass is 286 g/mol. The first-order valence-electron chi connectivity index (χ1n) is 7.25. The summed E-state index contributed by atoms with van der Waals surface area (Å²) in [5, 5.41) is 1.22. The van der Waals surface area contributed by atoms with Crippen LogP contribution in [-0.4, -0.2) is 17.2 Å². The van der Waals surface area contributed by atoms with Crippen LogP contribution in [0.25, 0.3) is 10.4 Å². The van der Waals surface area contributed by atoms with E-state index in [9.17, 15) is 0 Å². The number of fused-ring (bicyclic) bond motifs is 2. The molecule has 1 aromatic carbocycles. The molecule has 0 spiro atoms. The van der Waals surface area contributed by atoms with Gasteiger partial charge in [0.2, 0.25) is 0 Å². The van der Waals surface area contributed by atoms with Crippen LogP contribution >= 0.6 is 11.3 Å². The van der Waals surface area contributed by atoms with Gasteiger partial charge in [-0.25, -0.2) is 4.98 Å². The lowest BCUT2D eigenvalue weighted by atomic mass is 9.90. The van der Waals surface area contributed by atoms with Crippen molar-refractivity contribution >= 4 is 11.3 Å². The molecule has 1 aromatic heterocycles. The van der Waals surface area contributed by atoms with Gasteiger partial charge in [0.1, 0.15) is 0 Å². The Balaban J connectivity index is 1.71. The minimum Gasteiger partial charge on any atom is -0.374 e. The molecular formula is C16H18N2OS. The Bertz CT molecular complexity index is 610. The molecule has 2 N–H and O–H groups in total. The smallest absolute Gasteiger partial charge is 0.0993 e. The van der Waals surface area contributed by atoms with Crippen LogP contribution in [0.3, 0.4) is 0 Å². The molecule has 3 nitrogen and oxygen atoms in total. The molecule has 3 unspecified atom stereocenters. The van der Waals surface area contributed by atoms with Gasteiger partial charge in [0, 0.05) is 12.5 Å². The first-order valence-corrected chi connectivity index (χ1v) is 8.07. The lowest BCUT2D eigenvalue weighted by Crippen LogP contribution is -2.14. The lowest BCUT2D eigenvalue weighted by Gasteiger charge is -2.15. The molecule has 0 amide bonds. The quantitative estimate of drug-likeness (QED) is 0.941. The van der Waals surface area contributed by atoms with Crippen LogP contribution in [-0.2, 0) is 11.3 Å². The maximum absolute atomic E-state index is 5.96. The van der Waals surface area contributed by atoms with Gasteiger partial charge in [0.05, 0.1) is 27.8 Å². The van der Waals surface area contributed by atoms with Crippen molar-refractivity contribution in [2.45, 2.75) is 43.9 Å². The maximum Gasteiger partial charge on any atom is 0.0993 e. The van der Waals surface area contributed by atoms with Crippen molar-refractivity contribution in [1.29, 1.82) is 0 Å². The Kier molecular flexibility index (Phi) is 3.10. The van der Waals surface area contributed by atoms with Gasteiger partial charge in [0.15, 0.2) is 0 Å². The second-order valence-electron chi connectivity index (χ2n) is 5.61. The summed E-state index contributed by atoms with van der Waals surface area (Å²) in [6, 6.07) is 10.4. The molecule has 2 aromatic rings. The SMILES string of the molecule is NCc1nc(C2CC3CCC2O3)sc1-c1ccccc1. The Labute approximate surface area is 122 Å². The standard InChI is InChI=1S/C16H18N2OS/c17-9-13-15(10-4-2-1-3-5-10)20-16(18-13)12-8-11-6-7-14(12)19-11/h1-5,11-12,14H,6-9,17H2. The van der Waals surface area contributed by atoms with Crippen LogP contribution in [0.4, 0.5) is 0 Å². The van der Waals surface area contributed by atoms with Crippen LogP contribution in [0.15, 0.2) is 30.3 Å². The topological polar surface area (TPSA) is 48.1 Å². The van der Waals surface area contributed by atoms with E-state index in [-0.39, 0.29) is 0 Å². The third-order valence-corrected chi connectivity index (χ3v) is 5.65. The van der Waals surface area contributed by atoms with Gasteiger partial charge in [-0.05, 0) is 24.8 Å². The summed E-state index contributed by atoms with van der Waals surface area (Å²) < 4.78 is 5.96. The summed E-state index contributed by atoms with van der Waals surface area (Å²) in [6.45, 7) is 0.502. The molecule has 104 valence electrons. The fraction of sp³-hybridized carbons (Fsp3) is 0.438. The Morgan fingerprint density at radius 2 is 2.10 bits per heavy atom. The van der Waals surface area contributed by atoms with Crippen molar-refractivity contribution in [1.82, 2.24) is 4.98 Å². The molecule has 0 saturated carbocycles. The molecule has 2 aliphatic rings. The second-order valence-corrected chi connectivity index (χ2v) is 6.64. The molecule has 0 radical (unpaired) electrons. The molecule has 2 saturated heterocycles. The lowest BCUT2D eigenvalue weighted by molar-refractivity contribution is 0.100. The van der Waals surface area contributed by atoms with Crippen molar-refractivity contribution in [3.63, 3.8) is 0 Å². The van der Waals surface area contributed by atoms with E-state index in [0.717, 1.165) is 12.1 Å². The first-order chi connectivity index (χ1) is 9.85. The van der Waals surface area contributed by atoms with E-state index in [0.29, 0.717) is 24.7 Å². The number of rotatable bonds is 3.